The average Bonchev–Trinajstić information content (AvgIpc) is 2.85. The maximum Gasteiger partial charge on any atom is 0.334 e. The fourth-order valence-electron chi connectivity index (χ4n) is 4.69. The Morgan fingerprint density at radius 2 is 2.12 bits per heavy atom. The molecule has 0 aromatic rings. The van der Waals surface area contributed by atoms with E-state index in [0.717, 1.165) is 5.57 Å². The molecule has 3 rings (SSSR count). The van der Waals surface area contributed by atoms with E-state index in [1.54, 1.807) is 19.9 Å². The molecule has 0 amide bonds. The highest BCUT2D eigenvalue weighted by Gasteiger charge is 2.62. The molecule has 0 radical (unpaired) electrons. The molecule has 6 unspecified atom stereocenters. The highest BCUT2D eigenvalue weighted by Crippen LogP contribution is 2.57. The lowest BCUT2D eigenvalue weighted by Crippen LogP contribution is -2.58. The van der Waals surface area contributed by atoms with E-state index in [0.29, 0.717) is 30.4 Å². The molecule has 25 heavy (non-hydrogen) atoms. The van der Waals surface area contributed by atoms with Gasteiger partial charge in [0, 0.05) is 22.5 Å². The van der Waals surface area contributed by atoms with E-state index in [9.17, 15) is 14.7 Å². The van der Waals surface area contributed by atoms with Crippen molar-refractivity contribution in [2.24, 2.45) is 17.3 Å². The van der Waals surface area contributed by atoms with Crippen molar-refractivity contribution in [1.82, 2.24) is 0 Å². The summed E-state index contributed by atoms with van der Waals surface area (Å²) in [5, 5.41) is 10.7. The molecule has 5 nitrogen and oxygen atoms in total. The van der Waals surface area contributed by atoms with Gasteiger partial charge in [0.1, 0.15) is 12.2 Å². The summed E-state index contributed by atoms with van der Waals surface area (Å²) in [6.07, 6.45) is 1.88. The normalized spacial score (nSPS) is 41.0. The number of ether oxygens (including phenoxy) is 2. The number of fused-ring (bicyclic) bond motifs is 3. The lowest BCUT2D eigenvalue weighted by Gasteiger charge is -2.54. The first-order valence-electron chi connectivity index (χ1n) is 8.80. The number of allylic oxidation sites excluding steroid dienone is 1. The van der Waals surface area contributed by atoms with Gasteiger partial charge in [-0.2, -0.15) is 0 Å². The van der Waals surface area contributed by atoms with Crippen molar-refractivity contribution < 1.29 is 24.2 Å². The van der Waals surface area contributed by atoms with Crippen LogP contribution in [0.1, 0.15) is 40.0 Å². The number of carbonyl (C=O) groups is 2. The molecular weight excluding hydrogens is 320 g/mol. The number of aliphatic hydroxyl groups excluding tert-OH is 1. The molecule has 1 saturated heterocycles. The minimum Gasteiger partial charge on any atom is -0.458 e. The largest absolute Gasteiger partial charge is 0.458 e. The number of rotatable bonds is 2. The van der Waals surface area contributed by atoms with Gasteiger partial charge in [-0.15, -0.1) is 0 Å². The maximum atomic E-state index is 12.3. The third-order valence-electron chi connectivity index (χ3n) is 6.30. The third-order valence-corrected chi connectivity index (χ3v) is 6.30. The van der Waals surface area contributed by atoms with Gasteiger partial charge >= 0.3 is 11.9 Å². The summed E-state index contributed by atoms with van der Waals surface area (Å²) in [6.45, 7) is 13.5. The summed E-state index contributed by atoms with van der Waals surface area (Å²) in [5.41, 5.74) is 1.29. The van der Waals surface area contributed by atoms with Gasteiger partial charge < -0.3 is 14.6 Å². The zero-order valence-electron chi connectivity index (χ0n) is 15.1. The van der Waals surface area contributed by atoms with Crippen LogP contribution in [0.5, 0.6) is 0 Å². The van der Waals surface area contributed by atoms with Gasteiger partial charge in [-0.25, -0.2) is 9.59 Å². The van der Waals surface area contributed by atoms with E-state index >= 15 is 0 Å². The van der Waals surface area contributed by atoms with E-state index in [2.05, 4.69) is 13.2 Å². The van der Waals surface area contributed by atoms with Crippen LogP contribution < -0.4 is 0 Å². The van der Waals surface area contributed by atoms with Crippen molar-refractivity contribution in [2.75, 3.05) is 0 Å². The van der Waals surface area contributed by atoms with Crippen molar-refractivity contribution in [3.63, 3.8) is 0 Å². The van der Waals surface area contributed by atoms with Crippen LogP contribution in [0.2, 0.25) is 0 Å². The Balaban J connectivity index is 1.99. The molecule has 0 bridgehead atoms. The van der Waals surface area contributed by atoms with Crippen molar-refractivity contribution in [3.8, 4) is 0 Å². The molecule has 0 aromatic carbocycles. The first-order valence-corrected chi connectivity index (χ1v) is 8.80. The van der Waals surface area contributed by atoms with E-state index in [-0.39, 0.29) is 11.8 Å². The van der Waals surface area contributed by atoms with Crippen LogP contribution >= 0.6 is 0 Å². The summed E-state index contributed by atoms with van der Waals surface area (Å²) in [6, 6.07) is 0. The molecule has 6 atom stereocenters. The van der Waals surface area contributed by atoms with Gasteiger partial charge in [0.2, 0.25) is 0 Å². The highest BCUT2D eigenvalue weighted by molar-refractivity contribution is 5.92. The third kappa shape index (κ3) is 2.65. The van der Waals surface area contributed by atoms with Gasteiger partial charge in [-0.1, -0.05) is 31.7 Å². The van der Waals surface area contributed by atoms with E-state index < -0.39 is 35.7 Å². The second-order valence-corrected chi connectivity index (χ2v) is 7.74. The minimum absolute atomic E-state index is 0.151. The van der Waals surface area contributed by atoms with Gasteiger partial charge in [-0.05, 0) is 33.1 Å². The van der Waals surface area contributed by atoms with E-state index in [4.69, 9.17) is 9.47 Å². The number of esters is 2. The number of hydrogen-bond acceptors (Lipinski definition) is 5. The Morgan fingerprint density at radius 3 is 2.76 bits per heavy atom. The Labute approximate surface area is 148 Å². The number of carbonyl (C=O) groups excluding carboxylic acids is 2. The van der Waals surface area contributed by atoms with Gasteiger partial charge in [0.15, 0.2) is 0 Å². The van der Waals surface area contributed by atoms with Crippen LogP contribution in [0, 0.1) is 17.3 Å². The Morgan fingerprint density at radius 1 is 1.44 bits per heavy atom. The molecule has 136 valence electrons. The van der Waals surface area contributed by atoms with E-state index in [1.807, 2.05) is 6.92 Å². The fraction of sp³-hybridized carbons (Fsp3) is 0.600. The Kier molecular flexibility index (Phi) is 4.40. The van der Waals surface area contributed by atoms with Crippen molar-refractivity contribution in [2.45, 2.75) is 58.3 Å². The van der Waals surface area contributed by atoms with Crippen LogP contribution in [-0.2, 0) is 19.1 Å². The monoisotopic (exact) mass is 346 g/mol. The number of aliphatic hydroxyl groups is 1. The van der Waals surface area contributed by atoms with Crippen LogP contribution in [0.4, 0.5) is 0 Å². The lowest BCUT2D eigenvalue weighted by atomic mass is 9.53. The second kappa shape index (κ2) is 6.13. The molecule has 2 saturated carbocycles. The number of hydrogen-bond donors (Lipinski definition) is 1. The molecule has 1 aliphatic heterocycles. The smallest absolute Gasteiger partial charge is 0.334 e. The summed E-state index contributed by atoms with van der Waals surface area (Å²) in [5.74, 6) is -1.40. The maximum absolute atomic E-state index is 12.3. The summed E-state index contributed by atoms with van der Waals surface area (Å²) in [4.78, 5) is 24.5. The van der Waals surface area contributed by atoms with Gasteiger partial charge in [0.25, 0.3) is 0 Å². The molecule has 1 heterocycles. The zero-order chi connectivity index (χ0) is 18.5. The van der Waals surface area contributed by atoms with Crippen LogP contribution in [0.3, 0.4) is 0 Å². The Hall–Kier alpha value is -1.88. The quantitative estimate of drug-likeness (QED) is 0.473. The standard InChI is InChI=1S/C20H26O5/c1-6-10(2)18(22)24-13-9-20(5)14(21)8-7-11(3)16(20)17-15(13)12(4)19(23)25-17/h6,13-17,21H,3-4,7-9H2,1-2,5H3/b10-6+. The highest BCUT2D eigenvalue weighted by atomic mass is 16.6. The lowest BCUT2D eigenvalue weighted by molar-refractivity contribution is -0.175. The van der Waals surface area contributed by atoms with Crippen LogP contribution in [0.25, 0.3) is 0 Å². The molecule has 0 spiro atoms. The molecule has 0 aromatic heterocycles. The minimum atomic E-state index is -0.555. The van der Waals surface area contributed by atoms with Gasteiger partial charge in [0.05, 0.1) is 12.0 Å². The second-order valence-electron chi connectivity index (χ2n) is 7.74. The average molecular weight is 346 g/mol. The Bertz CT molecular complexity index is 676. The molecule has 3 fully saturated rings. The summed E-state index contributed by atoms with van der Waals surface area (Å²) in [7, 11) is 0. The molecule has 5 heteroatoms. The molecule has 3 aliphatic rings. The fourth-order valence-corrected chi connectivity index (χ4v) is 4.69. The van der Waals surface area contributed by atoms with Gasteiger partial charge in [-0.3, -0.25) is 0 Å². The van der Waals surface area contributed by atoms with Crippen molar-refractivity contribution in [1.29, 1.82) is 0 Å². The van der Waals surface area contributed by atoms with Crippen LogP contribution in [0.15, 0.2) is 36.0 Å². The molecule has 1 N–H and O–H groups in total. The summed E-state index contributed by atoms with van der Waals surface area (Å²) >= 11 is 0. The summed E-state index contributed by atoms with van der Waals surface area (Å²) < 4.78 is 11.3. The first-order chi connectivity index (χ1) is 11.7. The van der Waals surface area contributed by atoms with Crippen LogP contribution in [-0.4, -0.2) is 35.4 Å². The molecule has 2 aliphatic carbocycles. The van der Waals surface area contributed by atoms with Crippen molar-refractivity contribution >= 4 is 11.9 Å². The first kappa shape index (κ1) is 17.9. The zero-order valence-corrected chi connectivity index (χ0v) is 15.1. The predicted molar refractivity (Wildman–Crippen MR) is 92.4 cm³/mol. The predicted octanol–water partition coefficient (Wildman–Crippen LogP) is 2.70. The van der Waals surface area contributed by atoms with Crippen molar-refractivity contribution in [3.05, 3.63) is 36.0 Å². The van der Waals surface area contributed by atoms with E-state index in [1.165, 1.54) is 0 Å². The SMILES string of the molecule is C=C1C(=O)OC2C1C(OC(=O)/C(C)=C/C)CC1(C)C(O)CCC(=C)C21. The topological polar surface area (TPSA) is 72.8 Å². The molecular formula is C20H26O5.